The normalized spacial score (nSPS) is 15.2. The molecule has 3 aromatic rings. The molecule has 2 aromatic heterocycles. The van der Waals surface area contributed by atoms with E-state index >= 15 is 0 Å². The van der Waals surface area contributed by atoms with E-state index in [-0.39, 0.29) is 0 Å². The summed E-state index contributed by atoms with van der Waals surface area (Å²) >= 11 is 3.43. The molecule has 0 atom stereocenters. The zero-order chi connectivity index (χ0) is 17.1. The van der Waals surface area contributed by atoms with Gasteiger partial charge in [0.25, 0.3) is 0 Å². The summed E-state index contributed by atoms with van der Waals surface area (Å²) < 4.78 is 0. The monoisotopic (exact) mass is 366 g/mol. The van der Waals surface area contributed by atoms with Crippen molar-refractivity contribution in [1.29, 1.82) is 5.26 Å². The summed E-state index contributed by atoms with van der Waals surface area (Å²) in [5.41, 5.74) is 4.19. The van der Waals surface area contributed by atoms with Crippen molar-refractivity contribution in [3.05, 3.63) is 57.7 Å². The molecule has 0 N–H and O–H groups in total. The van der Waals surface area contributed by atoms with E-state index in [4.69, 9.17) is 4.98 Å². The van der Waals surface area contributed by atoms with Gasteiger partial charge in [0, 0.05) is 49.0 Å². The first-order chi connectivity index (χ1) is 12.3. The molecule has 1 saturated heterocycles. The molecule has 126 valence electrons. The van der Waals surface area contributed by atoms with E-state index in [2.05, 4.69) is 38.1 Å². The number of benzene rings is 1. The van der Waals surface area contributed by atoms with Crippen LogP contribution in [0.15, 0.2) is 46.5 Å². The average Bonchev–Trinajstić information content (AvgIpc) is 3.34. The van der Waals surface area contributed by atoms with Crippen molar-refractivity contribution < 1.29 is 0 Å². The van der Waals surface area contributed by atoms with Gasteiger partial charge in [-0.2, -0.15) is 16.6 Å². The van der Waals surface area contributed by atoms with Crippen molar-refractivity contribution in [3.8, 4) is 16.6 Å². The second kappa shape index (κ2) is 7.36. The number of anilines is 1. The fraction of sp³-hybridized carbons (Fsp3) is 0.263. The number of piperazine rings is 1. The Morgan fingerprint density at radius 1 is 1.08 bits per heavy atom. The Morgan fingerprint density at radius 2 is 1.92 bits per heavy atom. The maximum absolute atomic E-state index is 9.28. The Balaban J connectivity index is 1.37. The first kappa shape index (κ1) is 16.3. The van der Waals surface area contributed by atoms with Gasteiger partial charge in [0.15, 0.2) is 0 Å². The van der Waals surface area contributed by atoms with Crippen LogP contribution in [0.4, 0.5) is 5.69 Å². The fourth-order valence-corrected chi connectivity index (χ4v) is 4.64. The summed E-state index contributed by atoms with van der Waals surface area (Å²) in [7, 11) is 0. The number of nitrogens with zero attached hydrogens (tertiary/aromatic N) is 4. The third-order valence-corrected chi connectivity index (χ3v) is 6.07. The first-order valence-corrected chi connectivity index (χ1v) is 10.1. The predicted molar refractivity (Wildman–Crippen MR) is 104 cm³/mol. The van der Waals surface area contributed by atoms with Gasteiger partial charge in [-0.15, -0.1) is 11.3 Å². The summed E-state index contributed by atoms with van der Waals surface area (Å²) in [5.74, 6) is 0. The molecule has 1 aliphatic heterocycles. The number of hydrogen-bond donors (Lipinski definition) is 0. The van der Waals surface area contributed by atoms with Crippen molar-refractivity contribution in [3.63, 3.8) is 0 Å². The molecule has 0 aliphatic carbocycles. The van der Waals surface area contributed by atoms with Crippen LogP contribution in [0.3, 0.4) is 0 Å². The number of thiazole rings is 1. The SMILES string of the molecule is N#Cc1ccccc1N1CCN(Cc2csc(-c3ccsc3)n2)CC1. The summed E-state index contributed by atoms with van der Waals surface area (Å²) in [5, 5.41) is 16.8. The predicted octanol–water partition coefficient (Wildman–Crippen LogP) is 4.07. The summed E-state index contributed by atoms with van der Waals surface area (Å²) in [6.45, 7) is 4.77. The third-order valence-electron chi connectivity index (χ3n) is 4.44. The lowest BCUT2D eigenvalue weighted by Crippen LogP contribution is -2.46. The van der Waals surface area contributed by atoms with Crippen molar-refractivity contribution in [1.82, 2.24) is 9.88 Å². The highest BCUT2D eigenvalue weighted by molar-refractivity contribution is 7.14. The van der Waals surface area contributed by atoms with E-state index in [0.29, 0.717) is 0 Å². The maximum Gasteiger partial charge on any atom is 0.124 e. The van der Waals surface area contributed by atoms with Crippen LogP contribution in [-0.4, -0.2) is 36.1 Å². The second-order valence-corrected chi connectivity index (χ2v) is 7.69. The Kier molecular flexibility index (Phi) is 4.79. The molecule has 1 aromatic carbocycles. The molecule has 4 rings (SSSR count). The molecule has 0 radical (unpaired) electrons. The quantitative estimate of drug-likeness (QED) is 0.698. The van der Waals surface area contributed by atoms with E-state index in [1.54, 1.807) is 22.7 Å². The summed E-state index contributed by atoms with van der Waals surface area (Å²) in [4.78, 5) is 9.53. The van der Waals surface area contributed by atoms with Crippen LogP contribution in [0.5, 0.6) is 0 Å². The Labute approximate surface area is 155 Å². The van der Waals surface area contributed by atoms with Crippen molar-refractivity contribution >= 4 is 28.4 Å². The van der Waals surface area contributed by atoms with Crippen LogP contribution >= 0.6 is 22.7 Å². The van der Waals surface area contributed by atoms with Crippen LogP contribution in [0, 0.1) is 11.3 Å². The molecule has 3 heterocycles. The molecule has 0 amide bonds. The molecule has 0 bridgehead atoms. The van der Waals surface area contributed by atoms with Gasteiger partial charge in [-0.25, -0.2) is 4.98 Å². The van der Waals surface area contributed by atoms with Crippen molar-refractivity contribution in [2.45, 2.75) is 6.54 Å². The first-order valence-electron chi connectivity index (χ1n) is 8.27. The van der Waals surface area contributed by atoms with Crippen LogP contribution in [0.2, 0.25) is 0 Å². The van der Waals surface area contributed by atoms with Gasteiger partial charge >= 0.3 is 0 Å². The van der Waals surface area contributed by atoms with E-state index < -0.39 is 0 Å². The number of para-hydroxylation sites is 1. The molecule has 0 saturated carbocycles. The lowest BCUT2D eigenvalue weighted by atomic mass is 10.1. The fourth-order valence-electron chi connectivity index (χ4n) is 3.12. The second-order valence-electron chi connectivity index (χ2n) is 6.05. The van der Waals surface area contributed by atoms with Crippen LogP contribution in [0.25, 0.3) is 10.6 Å². The maximum atomic E-state index is 9.28. The molecule has 25 heavy (non-hydrogen) atoms. The lowest BCUT2D eigenvalue weighted by Gasteiger charge is -2.36. The molecule has 0 spiro atoms. The largest absolute Gasteiger partial charge is 0.368 e. The van der Waals surface area contributed by atoms with Crippen molar-refractivity contribution in [2.24, 2.45) is 0 Å². The van der Waals surface area contributed by atoms with Crippen molar-refractivity contribution in [2.75, 3.05) is 31.1 Å². The van der Waals surface area contributed by atoms with Gasteiger partial charge in [0.05, 0.1) is 16.9 Å². The number of thiophene rings is 1. The van der Waals surface area contributed by atoms with Crippen LogP contribution in [-0.2, 0) is 6.54 Å². The Hall–Kier alpha value is -2.20. The van der Waals surface area contributed by atoms with Crippen LogP contribution in [0.1, 0.15) is 11.3 Å². The Morgan fingerprint density at radius 3 is 2.68 bits per heavy atom. The minimum Gasteiger partial charge on any atom is -0.368 e. The zero-order valence-electron chi connectivity index (χ0n) is 13.8. The van der Waals surface area contributed by atoms with Gasteiger partial charge in [-0.1, -0.05) is 12.1 Å². The molecule has 1 fully saturated rings. The number of aromatic nitrogens is 1. The topological polar surface area (TPSA) is 43.2 Å². The summed E-state index contributed by atoms with van der Waals surface area (Å²) in [6, 6.07) is 12.3. The molecule has 4 nitrogen and oxygen atoms in total. The molecular formula is C19H18N4S2. The third kappa shape index (κ3) is 3.59. The van der Waals surface area contributed by atoms with Gasteiger partial charge in [0.2, 0.25) is 0 Å². The smallest absolute Gasteiger partial charge is 0.124 e. The average molecular weight is 367 g/mol. The minimum atomic E-state index is 0.760. The number of hydrogen-bond acceptors (Lipinski definition) is 6. The molecular weight excluding hydrogens is 348 g/mol. The standard InChI is InChI=1S/C19H18N4S2/c20-11-15-3-1-2-4-18(15)23-8-6-22(7-9-23)12-17-14-25-19(21-17)16-5-10-24-13-16/h1-5,10,13-14H,6-9,12H2. The molecule has 0 unspecified atom stereocenters. The lowest BCUT2D eigenvalue weighted by molar-refractivity contribution is 0.247. The highest BCUT2D eigenvalue weighted by Crippen LogP contribution is 2.26. The van der Waals surface area contributed by atoms with Crippen LogP contribution < -0.4 is 4.90 Å². The molecule has 6 heteroatoms. The van der Waals surface area contributed by atoms with E-state index in [1.807, 2.05) is 24.3 Å². The van der Waals surface area contributed by atoms with Gasteiger partial charge < -0.3 is 4.90 Å². The Bertz CT molecular complexity index is 871. The zero-order valence-corrected chi connectivity index (χ0v) is 15.4. The van der Waals surface area contributed by atoms with E-state index in [0.717, 1.165) is 54.7 Å². The van der Waals surface area contributed by atoms with Gasteiger partial charge in [-0.3, -0.25) is 4.90 Å². The minimum absolute atomic E-state index is 0.760. The van der Waals surface area contributed by atoms with E-state index in [9.17, 15) is 5.26 Å². The number of rotatable bonds is 4. The van der Waals surface area contributed by atoms with Gasteiger partial charge in [0.1, 0.15) is 11.1 Å². The van der Waals surface area contributed by atoms with Gasteiger partial charge in [-0.05, 0) is 23.6 Å². The number of nitriles is 1. The van der Waals surface area contributed by atoms with E-state index in [1.165, 1.54) is 5.56 Å². The summed E-state index contributed by atoms with van der Waals surface area (Å²) in [6.07, 6.45) is 0. The highest BCUT2D eigenvalue weighted by Gasteiger charge is 2.20. The highest BCUT2D eigenvalue weighted by atomic mass is 32.1. The molecule has 1 aliphatic rings.